The molecule has 0 saturated carbocycles. The smallest absolute Gasteiger partial charge is 0.301 e. The van der Waals surface area contributed by atoms with Crippen LogP contribution < -0.4 is 14.4 Å². The van der Waals surface area contributed by atoms with Gasteiger partial charge in [-0.3, -0.25) is 24.6 Å². The standard InChI is InChI=1S/C27H21N3O7S/c1-14-11-16(7-10-20(14)37-3)24(31)22-23(15-5-4-6-17(12-15)30(34)35)29(26(33)25(22)32)27-28-19-9-8-18(36-2)13-21(19)38-27/h4-13,23,31H,1-3H3/t23-/m0/s1. The number of fused-ring (bicyclic) bond motifs is 1. The number of non-ortho nitro benzene ring substituents is 1. The Balaban J connectivity index is 1.74. The lowest BCUT2D eigenvalue weighted by Gasteiger charge is -2.22. The molecule has 10 nitrogen and oxygen atoms in total. The van der Waals surface area contributed by atoms with Crippen LogP contribution in [0.1, 0.15) is 22.7 Å². The summed E-state index contributed by atoms with van der Waals surface area (Å²) >= 11 is 1.16. The summed E-state index contributed by atoms with van der Waals surface area (Å²) in [6.07, 6.45) is 0. The van der Waals surface area contributed by atoms with Crippen LogP contribution in [-0.4, -0.2) is 40.9 Å². The van der Waals surface area contributed by atoms with Crippen LogP contribution >= 0.6 is 11.3 Å². The number of amides is 1. The molecule has 1 aliphatic rings. The Kier molecular flexibility index (Phi) is 6.29. The lowest BCUT2D eigenvalue weighted by Crippen LogP contribution is -2.29. The molecular formula is C27H21N3O7S. The lowest BCUT2D eigenvalue weighted by molar-refractivity contribution is -0.384. The maximum atomic E-state index is 13.4. The van der Waals surface area contributed by atoms with Crippen LogP contribution in [0.15, 0.2) is 66.2 Å². The molecule has 3 aromatic carbocycles. The van der Waals surface area contributed by atoms with Gasteiger partial charge in [-0.25, -0.2) is 4.98 Å². The van der Waals surface area contributed by atoms with E-state index < -0.39 is 28.4 Å². The molecule has 5 rings (SSSR count). The summed E-state index contributed by atoms with van der Waals surface area (Å²) in [5.41, 5.74) is 1.45. The number of hydrogen-bond donors (Lipinski definition) is 1. The van der Waals surface area contributed by atoms with E-state index in [4.69, 9.17) is 9.47 Å². The molecule has 1 aromatic heterocycles. The van der Waals surface area contributed by atoms with Crippen LogP contribution in [0.4, 0.5) is 10.8 Å². The average Bonchev–Trinajstić information content (AvgIpc) is 3.45. The van der Waals surface area contributed by atoms with Crippen molar-refractivity contribution in [2.75, 3.05) is 19.1 Å². The first-order valence-electron chi connectivity index (χ1n) is 11.4. The number of nitro benzene ring substituents is 1. The second-order valence-corrected chi connectivity index (χ2v) is 9.54. The van der Waals surface area contributed by atoms with Gasteiger partial charge < -0.3 is 14.6 Å². The SMILES string of the molecule is COc1ccc2nc(N3C(=O)C(=O)C(=C(O)c4ccc(OC)c(C)c4)[C@@H]3c3cccc([N+](=O)[O-])c3)sc2c1. The number of aliphatic hydroxyl groups excluding tert-OH is 1. The van der Waals surface area contributed by atoms with Crippen molar-refractivity contribution in [3.05, 3.63) is 93.0 Å². The Hall–Kier alpha value is -4.77. The minimum atomic E-state index is -1.15. The zero-order valence-electron chi connectivity index (χ0n) is 20.5. The largest absolute Gasteiger partial charge is 0.507 e. The fourth-order valence-corrected chi connectivity index (χ4v) is 5.48. The summed E-state index contributed by atoms with van der Waals surface area (Å²) in [6.45, 7) is 1.78. The molecule has 192 valence electrons. The van der Waals surface area contributed by atoms with Crippen molar-refractivity contribution in [2.45, 2.75) is 13.0 Å². The monoisotopic (exact) mass is 531 g/mol. The highest BCUT2D eigenvalue weighted by atomic mass is 32.1. The quantitative estimate of drug-likeness (QED) is 0.119. The van der Waals surface area contributed by atoms with Crippen LogP contribution in [0.3, 0.4) is 0 Å². The van der Waals surface area contributed by atoms with Crippen molar-refractivity contribution >= 4 is 49.8 Å². The zero-order valence-corrected chi connectivity index (χ0v) is 21.3. The van der Waals surface area contributed by atoms with Gasteiger partial charge in [-0.1, -0.05) is 23.5 Å². The Labute approximate surface area is 220 Å². The van der Waals surface area contributed by atoms with E-state index in [1.165, 1.54) is 37.3 Å². The molecule has 1 aliphatic heterocycles. The van der Waals surface area contributed by atoms with E-state index in [0.29, 0.717) is 32.8 Å². The van der Waals surface area contributed by atoms with Crippen LogP contribution in [0.5, 0.6) is 11.5 Å². The van der Waals surface area contributed by atoms with E-state index in [0.717, 1.165) is 11.3 Å². The van der Waals surface area contributed by atoms with Crippen molar-refractivity contribution in [3.8, 4) is 11.5 Å². The third-order valence-electron chi connectivity index (χ3n) is 6.30. The number of aromatic nitrogens is 1. The van der Waals surface area contributed by atoms with Gasteiger partial charge in [0.1, 0.15) is 17.3 Å². The molecule has 1 amide bonds. The molecule has 0 unspecified atom stereocenters. The zero-order chi connectivity index (χ0) is 27.1. The van der Waals surface area contributed by atoms with Crippen LogP contribution in [0.2, 0.25) is 0 Å². The minimum absolute atomic E-state index is 0.197. The number of rotatable bonds is 6. The van der Waals surface area contributed by atoms with E-state index >= 15 is 0 Å². The van der Waals surface area contributed by atoms with Gasteiger partial charge >= 0.3 is 5.91 Å². The van der Waals surface area contributed by atoms with Gasteiger partial charge in [-0.2, -0.15) is 0 Å². The molecule has 0 spiro atoms. The number of nitrogens with zero attached hydrogens (tertiary/aromatic N) is 3. The molecule has 1 saturated heterocycles. The number of thiazole rings is 1. The number of benzene rings is 3. The molecule has 0 radical (unpaired) electrons. The Morgan fingerprint density at radius 3 is 2.55 bits per heavy atom. The predicted molar refractivity (Wildman–Crippen MR) is 142 cm³/mol. The second-order valence-electron chi connectivity index (χ2n) is 8.54. The van der Waals surface area contributed by atoms with Gasteiger partial charge in [0, 0.05) is 17.7 Å². The average molecular weight is 532 g/mol. The lowest BCUT2D eigenvalue weighted by atomic mass is 9.94. The number of anilines is 1. The van der Waals surface area contributed by atoms with Crippen molar-refractivity contribution in [1.82, 2.24) is 4.98 Å². The predicted octanol–water partition coefficient (Wildman–Crippen LogP) is 5.16. The van der Waals surface area contributed by atoms with Crippen molar-refractivity contribution in [3.63, 3.8) is 0 Å². The number of methoxy groups -OCH3 is 2. The number of hydrogen-bond acceptors (Lipinski definition) is 9. The van der Waals surface area contributed by atoms with E-state index in [1.807, 2.05) is 0 Å². The Morgan fingerprint density at radius 1 is 1.08 bits per heavy atom. The van der Waals surface area contributed by atoms with Crippen molar-refractivity contribution < 1.29 is 29.1 Å². The summed E-state index contributed by atoms with van der Waals surface area (Å²) in [5, 5.41) is 23.1. The van der Waals surface area contributed by atoms with Gasteiger partial charge in [-0.15, -0.1) is 0 Å². The van der Waals surface area contributed by atoms with Gasteiger partial charge in [0.15, 0.2) is 5.13 Å². The molecule has 38 heavy (non-hydrogen) atoms. The minimum Gasteiger partial charge on any atom is -0.507 e. The molecule has 2 heterocycles. The third kappa shape index (κ3) is 4.12. The number of Topliss-reactive ketones (excluding diaryl/α,β-unsaturated/α-hetero) is 1. The number of aryl methyl sites for hydroxylation is 1. The van der Waals surface area contributed by atoms with Gasteiger partial charge in [0.2, 0.25) is 0 Å². The highest BCUT2D eigenvalue weighted by Crippen LogP contribution is 2.45. The van der Waals surface area contributed by atoms with Gasteiger partial charge in [0.25, 0.3) is 11.5 Å². The summed E-state index contributed by atoms with van der Waals surface area (Å²) < 4.78 is 11.3. The first-order valence-corrected chi connectivity index (χ1v) is 12.2. The maximum absolute atomic E-state index is 13.4. The first-order chi connectivity index (χ1) is 18.2. The summed E-state index contributed by atoms with van der Waals surface area (Å²) in [7, 11) is 3.05. The summed E-state index contributed by atoms with van der Waals surface area (Å²) in [6, 6.07) is 14.5. The second kappa shape index (κ2) is 9.60. The summed E-state index contributed by atoms with van der Waals surface area (Å²) in [4.78, 5) is 43.6. The molecular weight excluding hydrogens is 510 g/mol. The third-order valence-corrected chi connectivity index (χ3v) is 7.32. The molecule has 0 bridgehead atoms. The van der Waals surface area contributed by atoms with Gasteiger partial charge in [-0.05, 0) is 54.4 Å². The highest BCUT2D eigenvalue weighted by Gasteiger charge is 2.48. The number of carbonyl (C=O) groups is 2. The van der Waals surface area contributed by atoms with Crippen molar-refractivity contribution in [1.29, 1.82) is 0 Å². The van der Waals surface area contributed by atoms with Gasteiger partial charge in [0.05, 0.1) is 41.0 Å². The van der Waals surface area contributed by atoms with E-state index in [9.17, 15) is 24.8 Å². The molecule has 0 aliphatic carbocycles. The van der Waals surface area contributed by atoms with Crippen LogP contribution in [0, 0.1) is 17.0 Å². The van der Waals surface area contributed by atoms with E-state index in [1.54, 1.807) is 49.4 Å². The Morgan fingerprint density at radius 2 is 1.87 bits per heavy atom. The molecule has 4 aromatic rings. The molecule has 1 N–H and O–H groups in total. The number of aliphatic hydroxyl groups is 1. The first kappa shape index (κ1) is 24.9. The number of ketones is 1. The maximum Gasteiger partial charge on any atom is 0.301 e. The topological polar surface area (TPSA) is 132 Å². The van der Waals surface area contributed by atoms with E-state index in [2.05, 4.69) is 4.98 Å². The van der Waals surface area contributed by atoms with E-state index in [-0.39, 0.29) is 22.0 Å². The van der Waals surface area contributed by atoms with Crippen molar-refractivity contribution in [2.24, 2.45) is 0 Å². The summed E-state index contributed by atoms with van der Waals surface area (Å²) in [5.74, 6) is -1.05. The number of ether oxygens (including phenoxy) is 2. The van der Waals surface area contributed by atoms with Crippen LogP contribution in [0.25, 0.3) is 16.0 Å². The fraction of sp³-hybridized carbons (Fsp3) is 0.148. The fourth-order valence-electron chi connectivity index (χ4n) is 4.46. The van der Waals surface area contributed by atoms with Crippen LogP contribution in [-0.2, 0) is 9.59 Å². The Bertz CT molecular complexity index is 1660. The molecule has 11 heteroatoms. The number of nitro groups is 1. The molecule has 1 atom stereocenters. The normalized spacial score (nSPS) is 16.7. The highest BCUT2D eigenvalue weighted by molar-refractivity contribution is 7.22. The molecule has 1 fully saturated rings. The number of carbonyl (C=O) groups excluding carboxylic acids is 2.